The molecular formula is C23H30FIN4O3. The number of hydrogen-bond acceptors (Lipinski definition) is 5. The maximum atomic E-state index is 13.4. The Bertz CT molecular complexity index is 872. The number of halogens is 2. The van der Waals surface area contributed by atoms with Crippen LogP contribution in [0.5, 0.6) is 0 Å². The normalized spacial score (nSPS) is 15.4. The van der Waals surface area contributed by atoms with E-state index in [9.17, 15) is 9.18 Å². The van der Waals surface area contributed by atoms with Crippen molar-refractivity contribution in [1.29, 1.82) is 0 Å². The summed E-state index contributed by atoms with van der Waals surface area (Å²) in [5.74, 6) is 0.0671. The Balaban J connectivity index is 0.00000363. The molecule has 7 nitrogen and oxygen atoms in total. The molecular weight excluding hydrogens is 526 g/mol. The standard InChI is InChI=1S/C23H29FN4O3.HI/c1-25-23(26-15-17-3-5-19(6-4-17)22(29)30-2)27-16-21(28-11-13-31-14-12-28)18-7-9-20(24)10-8-18;/h3-10,21H,11-16H2,1-2H3,(H2,25,26,27);1H. The van der Waals surface area contributed by atoms with Gasteiger partial charge in [0.1, 0.15) is 5.82 Å². The highest BCUT2D eigenvalue weighted by molar-refractivity contribution is 14.0. The zero-order chi connectivity index (χ0) is 22.1. The maximum Gasteiger partial charge on any atom is 0.337 e. The lowest BCUT2D eigenvalue weighted by Crippen LogP contribution is -2.46. The minimum absolute atomic E-state index is 0. The summed E-state index contributed by atoms with van der Waals surface area (Å²) >= 11 is 0. The van der Waals surface area contributed by atoms with Crippen molar-refractivity contribution >= 4 is 35.9 Å². The molecule has 1 heterocycles. The first-order valence-corrected chi connectivity index (χ1v) is 10.3. The molecule has 2 aromatic rings. The van der Waals surface area contributed by atoms with E-state index < -0.39 is 0 Å². The SMILES string of the molecule is CN=C(NCc1ccc(C(=O)OC)cc1)NCC(c1ccc(F)cc1)N1CCOCC1.I. The number of methoxy groups -OCH3 is 1. The van der Waals surface area contributed by atoms with Gasteiger partial charge in [-0.2, -0.15) is 0 Å². The van der Waals surface area contributed by atoms with Crippen molar-refractivity contribution in [3.8, 4) is 0 Å². The highest BCUT2D eigenvalue weighted by atomic mass is 127. The lowest BCUT2D eigenvalue weighted by atomic mass is 10.0. The van der Waals surface area contributed by atoms with Crippen LogP contribution in [-0.4, -0.2) is 63.8 Å². The Labute approximate surface area is 205 Å². The molecule has 0 spiro atoms. The number of carbonyl (C=O) groups is 1. The van der Waals surface area contributed by atoms with Gasteiger partial charge in [0.05, 0.1) is 31.9 Å². The number of hydrogen-bond donors (Lipinski definition) is 2. The van der Waals surface area contributed by atoms with Gasteiger partial charge in [0.25, 0.3) is 0 Å². The van der Waals surface area contributed by atoms with E-state index in [1.165, 1.54) is 19.2 Å². The van der Waals surface area contributed by atoms with Crippen molar-refractivity contribution in [1.82, 2.24) is 15.5 Å². The molecule has 1 saturated heterocycles. The van der Waals surface area contributed by atoms with E-state index in [4.69, 9.17) is 9.47 Å². The first kappa shape index (κ1) is 26.0. The molecule has 0 radical (unpaired) electrons. The predicted octanol–water partition coefficient (Wildman–Crippen LogP) is 2.97. The second-order valence-electron chi connectivity index (χ2n) is 7.21. The fourth-order valence-corrected chi connectivity index (χ4v) is 3.51. The summed E-state index contributed by atoms with van der Waals surface area (Å²) in [7, 11) is 3.08. The number of nitrogens with one attached hydrogen (secondary N) is 2. The third-order valence-corrected chi connectivity index (χ3v) is 5.26. The molecule has 2 N–H and O–H groups in total. The lowest BCUT2D eigenvalue weighted by molar-refractivity contribution is 0.0170. The molecule has 174 valence electrons. The van der Waals surface area contributed by atoms with Crippen LogP contribution in [0, 0.1) is 5.82 Å². The molecule has 0 bridgehead atoms. The molecule has 2 aromatic carbocycles. The summed E-state index contributed by atoms with van der Waals surface area (Å²) in [6.45, 7) is 4.19. The van der Waals surface area contributed by atoms with Gasteiger partial charge in [-0.3, -0.25) is 9.89 Å². The fraction of sp³-hybridized carbons (Fsp3) is 0.391. The van der Waals surface area contributed by atoms with Gasteiger partial charge in [-0.15, -0.1) is 24.0 Å². The van der Waals surface area contributed by atoms with E-state index >= 15 is 0 Å². The zero-order valence-electron chi connectivity index (χ0n) is 18.3. The van der Waals surface area contributed by atoms with Gasteiger partial charge in [0.15, 0.2) is 5.96 Å². The summed E-state index contributed by atoms with van der Waals surface area (Å²) in [5, 5.41) is 6.66. The summed E-state index contributed by atoms with van der Waals surface area (Å²) in [4.78, 5) is 18.2. The van der Waals surface area contributed by atoms with E-state index in [1.807, 2.05) is 24.3 Å². The number of benzene rings is 2. The number of nitrogens with zero attached hydrogens (tertiary/aromatic N) is 2. The van der Waals surface area contributed by atoms with Crippen molar-refractivity contribution in [3.05, 3.63) is 71.0 Å². The van der Waals surface area contributed by atoms with Crippen LogP contribution in [0.25, 0.3) is 0 Å². The molecule has 1 atom stereocenters. The first-order valence-electron chi connectivity index (χ1n) is 10.3. The molecule has 0 aromatic heterocycles. The van der Waals surface area contributed by atoms with Gasteiger partial charge < -0.3 is 20.1 Å². The largest absolute Gasteiger partial charge is 0.465 e. The van der Waals surface area contributed by atoms with Crippen LogP contribution >= 0.6 is 24.0 Å². The van der Waals surface area contributed by atoms with E-state index in [2.05, 4.69) is 20.5 Å². The molecule has 0 amide bonds. The second kappa shape index (κ2) is 13.3. The number of rotatable bonds is 7. The summed E-state index contributed by atoms with van der Waals surface area (Å²) in [6.07, 6.45) is 0. The number of ether oxygens (including phenoxy) is 2. The zero-order valence-corrected chi connectivity index (χ0v) is 20.7. The quantitative estimate of drug-likeness (QED) is 0.237. The summed E-state index contributed by atoms with van der Waals surface area (Å²) < 4.78 is 23.6. The Morgan fingerprint density at radius 1 is 1.12 bits per heavy atom. The minimum atomic E-state index is -0.355. The molecule has 1 aliphatic heterocycles. The molecule has 3 rings (SSSR count). The monoisotopic (exact) mass is 556 g/mol. The Hall–Kier alpha value is -2.24. The third kappa shape index (κ3) is 7.42. The highest BCUT2D eigenvalue weighted by Crippen LogP contribution is 2.21. The fourth-order valence-electron chi connectivity index (χ4n) is 3.51. The minimum Gasteiger partial charge on any atom is -0.465 e. The van der Waals surface area contributed by atoms with Crippen molar-refractivity contribution in [2.24, 2.45) is 4.99 Å². The van der Waals surface area contributed by atoms with Crippen molar-refractivity contribution in [3.63, 3.8) is 0 Å². The molecule has 0 aliphatic carbocycles. The van der Waals surface area contributed by atoms with Gasteiger partial charge in [0, 0.05) is 33.2 Å². The predicted molar refractivity (Wildman–Crippen MR) is 133 cm³/mol. The van der Waals surface area contributed by atoms with Gasteiger partial charge in [-0.05, 0) is 35.4 Å². The Kier molecular flexibility index (Phi) is 10.8. The van der Waals surface area contributed by atoms with Crippen LogP contribution in [0.1, 0.15) is 27.5 Å². The van der Waals surface area contributed by atoms with Crippen LogP contribution in [0.2, 0.25) is 0 Å². The van der Waals surface area contributed by atoms with Crippen LogP contribution < -0.4 is 10.6 Å². The molecule has 1 unspecified atom stereocenters. The highest BCUT2D eigenvalue weighted by Gasteiger charge is 2.23. The van der Waals surface area contributed by atoms with Crippen LogP contribution in [0.4, 0.5) is 4.39 Å². The van der Waals surface area contributed by atoms with E-state index in [0.717, 1.165) is 24.2 Å². The molecule has 32 heavy (non-hydrogen) atoms. The third-order valence-electron chi connectivity index (χ3n) is 5.26. The number of aliphatic imine (C=N–C) groups is 1. The molecule has 0 saturated carbocycles. The van der Waals surface area contributed by atoms with Crippen LogP contribution in [-0.2, 0) is 16.0 Å². The van der Waals surface area contributed by atoms with Crippen molar-refractivity contribution < 1.29 is 18.7 Å². The summed E-state index contributed by atoms with van der Waals surface area (Å²) in [5.41, 5.74) is 2.57. The first-order chi connectivity index (χ1) is 15.1. The van der Waals surface area contributed by atoms with Crippen LogP contribution in [0.15, 0.2) is 53.5 Å². The van der Waals surface area contributed by atoms with Crippen molar-refractivity contribution in [2.45, 2.75) is 12.6 Å². The molecule has 1 fully saturated rings. The van der Waals surface area contributed by atoms with E-state index in [0.29, 0.717) is 37.8 Å². The average molecular weight is 556 g/mol. The Morgan fingerprint density at radius 3 is 2.38 bits per heavy atom. The topological polar surface area (TPSA) is 75.2 Å². The second-order valence-corrected chi connectivity index (χ2v) is 7.21. The maximum absolute atomic E-state index is 13.4. The molecule has 9 heteroatoms. The van der Waals surface area contributed by atoms with Crippen LogP contribution in [0.3, 0.4) is 0 Å². The van der Waals surface area contributed by atoms with Gasteiger partial charge in [-0.1, -0.05) is 24.3 Å². The smallest absolute Gasteiger partial charge is 0.337 e. The lowest BCUT2D eigenvalue weighted by Gasteiger charge is -2.35. The van der Waals surface area contributed by atoms with E-state index in [-0.39, 0.29) is 41.8 Å². The average Bonchev–Trinajstić information content (AvgIpc) is 2.82. The van der Waals surface area contributed by atoms with Crippen molar-refractivity contribution in [2.75, 3.05) is 47.0 Å². The van der Waals surface area contributed by atoms with Gasteiger partial charge >= 0.3 is 5.97 Å². The van der Waals surface area contributed by atoms with E-state index in [1.54, 1.807) is 19.2 Å². The number of guanidine groups is 1. The van der Waals surface area contributed by atoms with Gasteiger partial charge in [-0.25, -0.2) is 9.18 Å². The van der Waals surface area contributed by atoms with Gasteiger partial charge in [0.2, 0.25) is 0 Å². The Morgan fingerprint density at radius 2 is 1.78 bits per heavy atom. The number of carbonyl (C=O) groups excluding carboxylic acids is 1. The number of morpholine rings is 1. The summed E-state index contributed by atoms with van der Waals surface area (Å²) in [6, 6.07) is 13.9. The molecule has 1 aliphatic rings. The number of esters is 1.